The largest absolute Gasteiger partial charge is 0.345 e. The number of hydrogen-bond donors (Lipinski definition) is 1. The Morgan fingerprint density at radius 2 is 1.95 bits per heavy atom. The highest BCUT2D eigenvalue weighted by molar-refractivity contribution is 6.31. The van der Waals surface area contributed by atoms with Crippen LogP contribution in [-0.2, 0) is 6.54 Å². The lowest BCUT2D eigenvalue weighted by molar-refractivity contribution is 0.0952. The van der Waals surface area contributed by atoms with Gasteiger partial charge in [0.1, 0.15) is 5.82 Å². The van der Waals surface area contributed by atoms with E-state index in [1.54, 1.807) is 42.5 Å². The topological polar surface area (TPSA) is 64.0 Å². The van der Waals surface area contributed by atoms with Crippen LogP contribution in [0.25, 0.3) is 16.6 Å². The summed E-state index contributed by atoms with van der Waals surface area (Å²) >= 11 is 5.97. The van der Waals surface area contributed by atoms with Gasteiger partial charge in [0, 0.05) is 5.02 Å². The molecule has 0 radical (unpaired) electrons. The van der Waals surface area contributed by atoms with Crippen molar-refractivity contribution in [3.8, 4) is 5.69 Å². The van der Waals surface area contributed by atoms with Gasteiger partial charge < -0.3 is 5.32 Å². The van der Waals surface area contributed by atoms with E-state index in [0.29, 0.717) is 33.0 Å². The van der Waals surface area contributed by atoms with E-state index in [4.69, 9.17) is 11.6 Å². The van der Waals surface area contributed by atoms with E-state index < -0.39 is 0 Å². The van der Waals surface area contributed by atoms with Gasteiger partial charge in [0.15, 0.2) is 0 Å². The van der Waals surface area contributed by atoms with Crippen LogP contribution in [0.2, 0.25) is 5.02 Å². The summed E-state index contributed by atoms with van der Waals surface area (Å²) in [5.41, 5.74) is 1.32. The van der Waals surface area contributed by atoms with E-state index in [2.05, 4.69) is 10.3 Å². The van der Waals surface area contributed by atoms with Crippen molar-refractivity contribution in [2.75, 3.05) is 0 Å². The van der Waals surface area contributed by atoms with Gasteiger partial charge in [-0.1, -0.05) is 23.7 Å². The lowest BCUT2D eigenvalue weighted by atomic mass is 10.1. The van der Waals surface area contributed by atoms with Crippen molar-refractivity contribution in [1.29, 1.82) is 0 Å². The van der Waals surface area contributed by atoms with Crippen LogP contribution in [0, 0.1) is 0 Å². The van der Waals surface area contributed by atoms with Gasteiger partial charge in [-0.15, -0.1) is 0 Å². The van der Waals surface area contributed by atoms with E-state index in [1.807, 2.05) is 0 Å². The summed E-state index contributed by atoms with van der Waals surface area (Å²) in [7, 11) is 0. The number of carbonyl (C=O) groups excluding carboxylic acids is 1. The number of carbonyl (C=O) groups is 1. The van der Waals surface area contributed by atoms with Crippen LogP contribution in [0.1, 0.15) is 16.2 Å². The zero-order valence-electron chi connectivity index (χ0n) is 11.3. The summed E-state index contributed by atoms with van der Waals surface area (Å²) in [5.74, 6) is 0.264. The molecule has 1 aliphatic rings. The molecule has 0 unspecified atom stereocenters. The van der Waals surface area contributed by atoms with Crippen LogP contribution in [0.4, 0.5) is 0 Å². The molecule has 0 bridgehead atoms. The molecule has 22 heavy (non-hydrogen) atoms. The zero-order valence-corrected chi connectivity index (χ0v) is 12.1. The normalized spacial score (nSPS) is 13.2. The third-order valence-corrected chi connectivity index (χ3v) is 3.93. The first-order valence-electron chi connectivity index (χ1n) is 6.74. The SMILES string of the molecule is O=C1NCc2nc3cc(Cl)ccc3c(=O)n2-c2ccccc21. The van der Waals surface area contributed by atoms with Crippen LogP contribution in [0.15, 0.2) is 47.3 Å². The Morgan fingerprint density at radius 3 is 2.82 bits per heavy atom. The molecule has 1 amide bonds. The molecule has 5 nitrogen and oxygen atoms in total. The molecule has 2 aromatic carbocycles. The van der Waals surface area contributed by atoms with E-state index in [-0.39, 0.29) is 18.0 Å². The standard InChI is InChI=1S/C16H10ClN3O2/c17-9-5-6-10-12(7-9)19-14-8-18-15(21)11-3-1-2-4-13(11)20(14)16(10)22/h1-7H,8H2,(H,18,21). The van der Waals surface area contributed by atoms with Gasteiger partial charge in [0.05, 0.1) is 28.7 Å². The Morgan fingerprint density at radius 1 is 1.14 bits per heavy atom. The molecular weight excluding hydrogens is 302 g/mol. The van der Waals surface area contributed by atoms with Gasteiger partial charge in [-0.2, -0.15) is 0 Å². The lowest BCUT2D eigenvalue weighted by Gasteiger charge is -2.11. The fourth-order valence-corrected chi connectivity index (χ4v) is 2.85. The molecular formula is C16H10ClN3O2. The zero-order chi connectivity index (χ0) is 15.3. The van der Waals surface area contributed by atoms with Crippen molar-refractivity contribution in [3.63, 3.8) is 0 Å². The van der Waals surface area contributed by atoms with Gasteiger partial charge in [-0.05, 0) is 30.3 Å². The highest BCUT2D eigenvalue weighted by Crippen LogP contribution is 2.21. The van der Waals surface area contributed by atoms with Crippen LogP contribution in [0.5, 0.6) is 0 Å². The maximum absolute atomic E-state index is 12.8. The summed E-state index contributed by atoms with van der Waals surface area (Å²) in [6, 6.07) is 12.0. The molecule has 1 aromatic heterocycles. The molecule has 0 spiro atoms. The van der Waals surface area contributed by atoms with E-state index in [1.165, 1.54) is 4.57 Å². The molecule has 108 valence electrons. The highest BCUT2D eigenvalue weighted by Gasteiger charge is 2.22. The Labute approximate surface area is 130 Å². The van der Waals surface area contributed by atoms with Crippen molar-refractivity contribution < 1.29 is 4.79 Å². The molecule has 4 rings (SSSR count). The number of halogens is 1. The van der Waals surface area contributed by atoms with Crippen LogP contribution in [0.3, 0.4) is 0 Å². The third kappa shape index (κ3) is 1.83. The average molecular weight is 312 g/mol. The van der Waals surface area contributed by atoms with Crippen molar-refractivity contribution in [1.82, 2.24) is 14.9 Å². The number of nitrogens with one attached hydrogen (secondary N) is 1. The molecule has 1 N–H and O–H groups in total. The number of fused-ring (bicyclic) bond motifs is 4. The maximum Gasteiger partial charge on any atom is 0.266 e. The fourth-order valence-electron chi connectivity index (χ4n) is 2.69. The molecule has 0 aliphatic carbocycles. The number of hydrogen-bond acceptors (Lipinski definition) is 3. The quantitative estimate of drug-likeness (QED) is 0.693. The lowest BCUT2D eigenvalue weighted by Crippen LogP contribution is -2.25. The minimum absolute atomic E-state index is 0.186. The van der Waals surface area contributed by atoms with Crippen LogP contribution < -0.4 is 10.9 Å². The third-order valence-electron chi connectivity index (χ3n) is 3.70. The second-order valence-corrected chi connectivity index (χ2v) is 5.47. The second-order valence-electron chi connectivity index (χ2n) is 5.03. The Balaban J connectivity index is 2.15. The van der Waals surface area contributed by atoms with Gasteiger partial charge in [-0.25, -0.2) is 4.98 Å². The predicted octanol–water partition coefficient (Wildman–Crippen LogP) is 2.28. The number of aromatic nitrogens is 2. The summed E-state index contributed by atoms with van der Waals surface area (Å²) in [6.07, 6.45) is 0. The number of para-hydroxylation sites is 1. The van der Waals surface area contributed by atoms with Crippen LogP contribution >= 0.6 is 11.6 Å². The molecule has 3 aromatic rings. The summed E-state index contributed by atoms with van der Waals surface area (Å²) in [5, 5.41) is 3.76. The Kier molecular flexibility index (Phi) is 2.77. The monoisotopic (exact) mass is 311 g/mol. The number of rotatable bonds is 0. The average Bonchev–Trinajstić information content (AvgIpc) is 2.65. The molecule has 0 atom stereocenters. The molecule has 0 saturated carbocycles. The van der Waals surface area contributed by atoms with Crippen molar-refractivity contribution in [2.24, 2.45) is 0 Å². The van der Waals surface area contributed by atoms with E-state index in [0.717, 1.165) is 0 Å². The van der Waals surface area contributed by atoms with Gasteiger partial charge in [-0.3, -0.25) is 14.2 Å². The minimum Gasteiger partial charge on any atom is -0.345 e. The predicted molar refractivity (Wildman–Crippen MR) is 83.5 cm³/mol. The van der Waals surface area contributed by atoms with E-state index in [9.17, 15) is 9.59 Å². The summed E-state index contributed by atoms with van der Waals surface area (Å²) in [4.78, 5) is 29.5. The highest BCUT2D eigenvalue weighted by atomic mass is 35.5. The van der Waals surface area contributed by atoms with Gasteiger partial charge in [0.25, 0.3) is 11.5 Å². The fraction of sp³-hybridized carbons (Fsp3) is 0.0625. The van der Waals surface area contributed by atoms with Gasteiger partial charge >= 0.3 is 0 Å². The Bertz CT molecular complexity index is 994. The molecule has 2 heterocycles. The van der Waals surface area contributed by atoms with Crippen molar-refractivity contribution in [3.05, 3.63) is 69.2 Å². The first kappa shape index (κ1) is 13.0. The van der Waals surface area contributed by atoms with E-state index >= 15 is 0 Å². The van der Waals surface area contributed by atoms with Crippen molar-refractivity contribution in [2.45, 2.75) is 6.54 Å². The molecule has 1 aliphatic heterocycles. The first-order chi connectivity index (χ1) is 10.6. The van der Waals surface area contributed by atoms with Crippen LogP contribution in [-0.4, -0.2) is 15.5 Å². The summed E-state index contributed by atoms with van der Waals surface area (Å²) < 4.78 is 1.49. The molecule has 0 fully saturated rings. The first-order valence-corrected chi connectivity index (χ1v) is 7.12. The maximum atomic E-state index is 12.8. The second kappa shape index (κ2) is 4.68. The summed E-state index contributed by atoms with van der Waals surface area (Å²) in [6.45, 7) is 0.186. The molecule has 6 heteroatoms. The van der Waals surface area contributed by atoms with Gasteiger partial charge in [0.2, 0.25) is 0 Å². The Hall–Kier alpha value is -2.66. The number of benzene rings is 2. The molecule has 0 saturated heterocycles. The van der Waals surface area contributed by atoms with Crippen molar-refractivity contribution >= 4 is 28.4 Å². The number of amides is 1. The minimum atomic E-state index is -0.220. The smallest absolute Gasteiger partial charge is 0.266 e. The number of nitrogens with zero attached hydrogens (tertiary/aromatic N) is 2.